The van der Waals surface area contributed by atoms with E-state index in [4.69, 9.17) is 4.74 Å². The van der Waals surface area contributed by atoms with Crippen LogP contribution >= 0.6 is 11.3 Å². The van der Waals surface area contributed by atoms with Crippen molar-refractivity contribution in [3.8, 4) is 5.75 Å². The first kappa shape index (κ1) is 16.3. The van der Waals surface area contributed by atoms with Crippen molar-refractivity contribution in [2.24, 2.45) is 0 Å². The van der Waals surface area contributed by atoms with Crippen LogP contribution in [0.25, 0.3) is 0 Å². The molecule has 0 radical (unpaired) electrons. The van der Waals surface area contributed by atoms with Crippen molar-refractivity contribution in [2.75, 3.05) is 13.7 Å². The van der Waals surface area contributed by atoms with Gasteiger partial charge in [-0.2, -0.15) is 0 Å². The van der Waals surface area contributed by atoms with Crippen LogP contribution in [0.15, 0.2) is 34.4 Å². The number of nitrogens with zero attached hydrogens (tertiary/aromatic N) is 1. The Balaban J connectivity index is 1.88. The quantitative estimate of drug-likeness (QED) is 0.834. The summed E-state index contributed by atoms with van der Waals surface area (Å²) in [5.41, 5.74) is 1.44. The number of amides is 1. The number of aliphatic hydroxyl groups is 1. The van der Waals surface area contributed by atoms with Crippen molar-refractivity contribution in [3.05, 3.63) is 50.6 Å². The van der Waals surface area contributed by atoms with E-state index in [-0.39, 0.29) is 23.9 Å². The standard InChI is InChI=1S/C15H18N2O4S/c1-10-9-22-15(20)17(10)8-14(19)16-7-13(18)11-3-5-12(21-2)6-4-11/h3-6,9,13,18H,7-8H2,1-2H3,(H,16,19). The Morgan fingerprint density at radius 2 is 2.09 bits per heavy atom. The number of aryl methyl sites for hydroxylation is 1. The molecule has 0 bridgehead atoms. The summed E-state index contributed by atoms with van der Waals surface area (Å²) in [4.78, 5) is 23.2. The lowest BCUT2D eigenvalue weighted by molar-refractivity contribution is -0.122. The first-order chi connectivity index (χ1) is 10.5. The third-order valence-electron chi connectivity index (χ3n) is 3.27. The Morgan fingerprint density at radius 1 is 1.41 bits per heavy atom. The summed E-state index contributed by atoms with van der Waals surface area (Å²) < 4.78 is 6.45. The first-order valence-electron chi connectivity index (χ1n) is 6.75. The van der Waals surface area contributed by atoms with Crippen LogP contribution in [0.1, 0.15) is 17.4 Å². The molecule has 118 valence electrons. The van der Waals surface area contributed by atoms with Crippen LogP contribution in [0.3, 0.4) is 0 Å². The molecule has 1 aromatic heterocycles. The minimum atomic E-state index is -0.810. The molecule has 22 heavy (non-hydrogen) atoms. The molecule has 1 aromatic carbocycles. The fourth-order valence-corrected chi connectivity index (χ4v) is 2.68. The summed E-state index contributed by atoms with van der Waals surface area (Å²) in [6, 6.07) is 6.97. The second-order valence-corrected chi connectivity index (χ2v) is 5.64. The second-order valence-electron chi connectivity index (χ2n) is 4.82. The average Bonchev–Trinajstić information content (AvgIpc) is 2.84. The van der Waals surface area contributed by atoms with Gasteiger partial charge in [-0.1, -0.05) is 23.5 Å². The number of nitrogens with one attached hydrogen (secondary N) is 1. The van der Waals surface area contributed by atoms with E-state index in [0.717, 1.165) is 17.0 Å². The van der Waals surface area contributed by atoms with Crippen LogP contribution in [-0.4, -0.2) is 29.2 Å². The van der Waals surface area contributed by atoms with Gasteiger partial charge in [0, 0.05) is 17.6 Å². The number of thiazole rings is 1. The van der Waals surface area contributed by atoms with Crippen LogP contribution in [0.2, 0.25) is 0 Å². The van der Waals surface area contributed by atoms with Gasteiger partial charge in [0.25, 0.3) is 0 Å². The fourth-order valence-electron chi connectivity index (χ4n) is 1.95. The number of aliphatic hydroxyl groups excluding tert-OH is 1. The van der Waals surface area contributed by atoms with E-state index in [1.807, 2.05) is 0 Å². The van der Waals surface area contributed by atoms with E-state index < -0.39 is 6.10 Å². The van der Waals surface area contributed by atoms with E-state index >= 15 is 0 Å². The van der Waals surface area contributed by atoms with Crippen molar-refractivity contribution < 1.29 is 14.6 Å². The number of benzene rings is 1. The van der Waals surface area contributed by atoms with Crippen LogP contribution in [0, 0.1) is 6.92 Å². The maximum absolute atomic E-state index is 11.9. The molecule has 0 saturated heterocycles. The lowest BCUT2D eigenvalue weighted by atomic mass is 10.1. The highest BCUT2D eigenvalue weighted by Gasteiger charge is 2.12. The normalized spacial score (nSPS) is 12.0. The zero-order valence-electron chi connectivity index (χ0n) is 12.4. The molecular formula is C15H18N2O4S. The van der Waals surface area contributed by atoms with E-state index in [2.05, 4.69) is 5.32 Å². The second kappa shape index (κ2) is 7.24. The highest BCUT2D eigenvalue weighted by Crippen LogP contribution is 2.16. The lowest BCUT2D eigenvalue weighted by Gasteiger charge is -2.13. The van der Waals surface area contributed by atoms with Crippen molar-refractivity contribution in [2.45, 2.75) is 19.6 Å². The number of methoxy groups -OCH3 is 1. The van der Waals surface area contributed by atoms with Crippen molar-refractivity contribution in [3.63, 3.8) is 0 Å². The number of carbonyl (C=O) groups is 1. The molecule has 0 aliphatic heterocycles. The summed E-state index contributed by atoms with van der Waals surface area (Å²) in [5, 5.41) is 14.4. The van der Waals surface area contributed by atoms with Gasteiger partial charge in [0.15, 0.2) is 0 Å². The predicted octanol–water partition coefficient (Wildman–Crippen LogP) is 1.08. The highest BCUT2D eigenvalue weighted by atomic mass is 32.1. The van der Waals surface area contributed by atoms with Crippen molar-refractivity contribution in [1.29, 1.82) is 0 Å². The fraction of sp³-hybridized carbons (Fsp3) is 0.333. The third-order valence-corrected chi connectivity index (χ3v) is 4.15. The Bertz CT molecular complexity index is 690. The predicted molar refractivity (Wildman–Crippen MR) is 84.3 cm³/mol. The van der Waals surface area contributed by atoms with Crippen LogP contribution in [0.5, 0.6) is 5.75 Å². The molecule has 0 aliphatic carbocycles. The van der Waals surface area contributed by atoms with Gasteiger partial charge in [-0.25, -0.2) is 0 Å². The van der Waals surface area contributed by atoms with Crippen LogP contribution < -0.4 is 14.9 Å². The van der Waals surface area contributed by atoms with Crippen molar-refractivity contribution >= 4 is 17.2 Å². The summed E-state index contributed by atoms with van der Waals surface area (Å²) in [6.07, 6.45) is -0.810. The van der Waals surface area contributed by atoms with Gasteiger partial charge in [0.05, 0.1) is 13.2 Å². The van der Waals surface area contributed by atoms with Gasteiger partial charge in [-0.05, 0) is 24.6 Å². The zero-order chi connectivity index (χ0) is 16.1. The van der Waals surface area contributed by atoms with Gasteiger partial charge >= 0.3 is 4.87 Å². The number of hydrogen-bond acceptors (Lipinski definition) is 5. The molecule has 1 unspecified atom stereocenters. The van der Waals surface area contributed by atoms with Crippen LogP contribution in [0.4, 0.5) is 0 Å². The molecule has 2 N–H and O–H groups in total. The lowest BCUT2D eigenvalue weighted by Crippen LogP contribution is -2.33. The van der Waals surface area contributed by atoms with Gasteiger partial charge in [0.2, 0.25) is 5.91 Å². The molecule has 1 heterocycles. The molecule has 0 saturated carbocycles. The Morgan fingerprint density at radius 3 is 2.64 bits per heavy atom. The summed E-state index contributed by atoms with van der Waals surface area (Å²) in [7, 11) is 1.57. The molecular weight excluding hydrogens is 304 g/mol. The smallest absolute Gasteiger partial charge is 0.307 e. The minimum absolute atomic E-state index is 0.0382. The van der Waals surface area contributed by atoms with E-state index in [1.165, 1.54) is 4.57 Å². The Hall–Kier alpha value is -2.12. The number of aromatic nitrogens is 1. The zero-order valence-corrected chi connectivity index (χ0v) is 13.2. The largest absolute Gasteiger partial charge is 0.497 e. The number of hydrogen-bond donors (Lipinski definition) is 2. The molecule has 2 aromatic rings. The highest BCUT2D eigenvalue weighted by molar-refractivity contribution is 7.07. The molecule has 0 aliphatic rings. The van der Waals surface area contributed by atoms with Crippen molar-refractivity contribution in [1.82, 2.24) is 9.88 Å². The molecule has 2 rings (SSSR count). The number of rotatable bonds is 6. The average molecular weight is 322 g/mol. The molecule has 1 atom stereocenters. The van der Waals surface area contributed by atoms with E-state index in [9.17, 15) is 14.7 Å². The SMILES string of the molecule is COc1ccc(C(O)CNC(=O)Cn2c(C)csc2=O)cc1. The minimum Gasteiger partial charge on any atom is -0.497 e. The monoisotopic (exact) mass is 322 g/mol. The molecule has 7 heteroatoms. The van der Waals surface area contributed by atoms with Gasteiger partial charge in [0.1, 0.15) is 12.3 Å². The summed E-state index contributed by atoms with van der Waals surface area (Å²) in [5.74, 6) is 0.392. The van der Waals surface area contributed by atoms with Gasteiger partial charge < -0.3 is 15.2 Å². The summed E-state index contributed by atoms with van der Waals surface area (Å²) >= 11 is 1.06. The Labute approximate surface area is 132 Å². The van der Waals surface area contributed by atoms with Gasteiger partial charge in [-0.3, -0.25) is 14.2 Å². The van der Waals surface area contributed by atoms with E-state index in [1.54, 1.807) is 43.7 Å². The molecule has 1 amide bonds. The molecule has 6 nitrogen and oxygen atoms in total. The maximum Gasteiger partial charge on any atom is 0.307 e. The topological polar surface area (TPSA) is 80.6 Å². The number of carbonyl (C=O) groups excluding carboxylic acids is 1. The molecule has 0 fully saturated rings. The Kier molecular flexibility index (Phi) is 5.35. The maximum atomic E-state index is 11.9. The van der Waals surface area contributed by atoms with Crippen LogP contribution in [-0.2, 0) is 11.3 Å². The van der Waals surface area contributed by atoms with Gasteiger partial charge in [-0.15, -0.1) is 0 Å². The molecule has 0 spiro atoms. The number of ether oxygens (including phenoxy) is 1. The summed E-state index contributed by atoms with van der Waals surface area (Å²) in [6.45, 7) is 1.82. The third kappa shape index (κ3) is 3.96. The van der Waals surface area contributed by atoms with E-state index in [0.29, 0.717) is 11.3 Å². The first-order valence-corrected chi connectivity index (χ1v) is 7.63.